The number of aliphatic hydroxyl groups is 1. The van der Waals surface area contributed by atoms with Crippen LogP contribution in [0.5, 0.6) is 0 Å². The van der Waals surface area contributed by atoms with E-state index in [-0.39, 0.29) is 43.4 Å². The van der Waals surface area contributed by atoms with Gasteiger partial charge in [0.15, 0.2) is 0 Å². The van der Waals surface area contributed by atoms with Gasteiger partial charge in [-0.3, -0.25) is 14.4 Å². The second kappa shape index (κ2) is 15.6. The molecule has 1 heterocycles. The Balaban J connectivity index is 1.68. The van der Waals surface area contributed by atoms with Gasteiger partial charge in [0.25, 0.3) is 0 Å². The van der Waals surface area contributed by atoms with Crippen LogP contribution < -0.4 is 5.32 Å². The molecule has 1 aliphatic heterocycles. The Hall–Kier alpha value is -3.71. The van der Waals surface area contributed by atoms with Crippen LogP contribution in [0.2, 0.25) is 0 Å². The maximum Gasteiger partial charge on any atom is 0.310 e. The van der Waals surface area contributed by atoms with Crippen LogP contribution in [0.1, 0.15) is 49.3 Å². The Morgan fingerprint density at radius 3 is 2.28 bits per heavy atom. The van der Waals surface area contributed by atoms with Gasteiger partial charge < -0.3 is 20.1 Å². The molecule has 2 aromatic rings. The lowest BCUT2D eigenvalue weighted by molar-refractivity contribution is -0.154. The molecule has 0 aromatic heterocycles. The molecule has 0 unspecified atom stereocenters. The van der Waals surface area contributed by atoms with Crippen molar-refractivity contribution in [2.45, 2.75) is 50.7 Å². The van der Waals surface area contributed by atoms with Gasteiger partial charge in [0.05, 0.1) is 31.0 Å². The van der Waals surface area contributed by atoms with Crippen molar-refractivity contribution in [1.29, 1.82) is 0 Å². The van der Waals surface area contributed by atoms with Crippen molar-refractivity contribution in [2.75, 3.05) is 19.7 Å². The zero-order valence-corrected chi connectivity index (χ0v) is 22.5. The third kappa shape index (κ3) is 8.93. The van der Waals surface area contributed by atoms with Crippen molar-refractivity contribution in [1.82, 2.24) is 10.2 Å². The Morgan fingerprint density at radius 1 is 1.00 bits per heavy atom. The van der Waals surface area contributed by atoms with E-state index < -0.39 is 17.9 Å². The number of rotatable bonds is 15. The van der Waals surface area contributed by atoms with Gasteiger partial charge in [-0.05, 0) is 43.2 Å². The molecule has 4 atom stereocenters. The van der Waals surface area contributed by atoms with Crippen molar-refractivity contribution in [3.05, 3.63) is 97.1 Å². The van der Waals surface area contributed by atoms with Crippen LogP contribution in [0, 0.1) is 11.8 Å². The van der Waals surface area contributed by atoms with E-state index in [4.69, 9.17) is 4.74 Å². The summed E-state index contributed by atoms with van der Waals surface area (Å²) >= 11 is 0. The summed E-state index contributed by atoms with van der Waals surface area (Å²) in [4.78, 5) is 41.1. The Kier molecular flexibility index (Phi) is 12.0. The fourth-order valence-electron chi connectivity index (χ4n) is 5.00. The van der Waals surface area contributed by atoms with Crippen molar-refractivity contribution >= 4 is 17.8 Å². The molecule has 2 N–H and O–H groups in total. The number of hydrogen-bond donors (Lipinski definition) is 2. The second-order valence-electron chi connectivity index (χ2n) is 9.98. The highest BCUT2D eigenvalue weighted by Crippen LogP contribution is 2.24. The Morgan fingerprint density at radius 2 is 1.64 bits per heavy atom. The third-order valence-electron chi connectivity index (χ3n) is 7.15. The van der Waals surface area contributed by atoms with Crippen molar-refractivity contribution in [3.63, 3.8) is 0 Å². The number of ether oxygens (including phenoxy) is 1. The van der Waals surface area contributed by atoms with Crippen molar-refractivity contribution in [3.8, 4) is 0 Å². The van der Waals surface area contributed by atoms with Crippen molar-refractivity contribution in [2.24, 2.45) is 11.8 Å². The zero-order chi connectivity index (χ0) is 28.0. The van der Waals surface area contributed by atoms with E-state index in [1.165, 1.54) is 0 Å². The molecule has 1 saturated heterocycles. The number of carbonyl (C=O) groups is 3. The topological polar surface area (TPSA) is 95.9 Å². The molecule has 2 aromatic carbocycles. The van der Waals surface area contributed by atoms with Gasteiger partial charge in [-0.2, -0.15) is 0 Å². The average Bonchev–Trinajstić information content (AvgIpc) is 3.45. The van der Waals surface area contributed by atoms with E-state index in [9.17, 15) is 19.5 Å². The van der Waals surface area contributed by atoms with E-state index in [0.29, 0.717) is 25.8 Å². The first kappa shape index (κ1) is 29.8. The molecule has 2 amide bonds. The lowest BCUT2D eigenvalue weighted by Gasteiger charge is -2.26. The van der Waals surface area contributed by atoms with E-state index in [0.717, 1.165) is 24.0 Å². The largest absolute Gasteiger partial charge is 0.455 e. The maximum atomic E-state index is 13.3. The molecule has 39 heavy (non-hydrogen) atoms. The summed E-state index contributed by atoms with van der Waals surface area (Å²) < 4.78 is 5.98. The van der Waals surface area contributed by atoms with Gasteiger partial charge in [0.1, 0.15) is 6.10 Å². The highest BCUT2D eigenvalue weighted by molar-refractivity contribution is 5.86. The molecule has 3 rings (SSSR count). The predicted molar refractivity (Wildman–Crippen MR) is 151 cm³/mol. The van der Waals surface area contributed by atoms with Gasteiger partial charge in [-0.1, -0.05) is 72.8 Å². The van der Waals surface area contributed by atoms with Gasteiger partial charge in [-0.15, -0.1) is 13.2 Å². The molecule has 0 radical (unpaired) electrons. The van der Waals surface area contributed by atoms with Crippen LogP contribution in [0.25, 0.3) is 0 Å². The lowest BCUT2D eigenvalue weighted by atomic mass is 9.96. The molecular weight excluding hydrogens is 492 g/mol. The van der Waals surface area contributed by atoms with Gasteiger partial charge in [-0.25, -0.2) is 0 Å². The number of nitrogens with one attached hydrogen (secondary N) is 1. The number of allylic oxidation sites excluding steroid dienone is 2. The van der Waals surface area contributed by atoms with Crippen molar-refractivity contribution < 1.29 is 24.2 Å². The smallest absolute Gasteiger partial charge is 0.310 e. The van der Waals surface area contributed by atoms with E-state index in [1.807, 2.05) is 60.7 Å². The minimum absolute atomic E-state index is 0.0304. The fraction of sp³-hybridized carbons (Fsp3) is 0.406. The van der Waals surface area contributed by atoms with Gasteiger partial charge >= 0.3 is 5.97 Å². The monoisotopic (exact) mass is 532 g/mol. The number of nitrogens with zero attached hydrogens (tertiary/aromatic N) is 1. The predicted octanol–water partition coefficient (Wildman–Crippen LogP) is 4.39. The van der Waals surface area contributed by atoms with Crippen LogP contribution in [-0.2, 0) is 25.5 Å². The fourth-order valence-corrected chi connectivity index (χ4v) is 5.00. The summed E-state index contributed by atoms with van der Waals surface area (Å²) in [6.07, 6.45) is 5.62. The summed E-state index contributed by atoms with van der Waals surface area (Å²) in [5.74, 6) is -1.81. The van der Waals surface area contributed by atoms with Crippen LogP contribution in [-0.4, -0.2) is 53.5 Å². The molecule has 0 spiro atoms. The van der Waals surface area contributed by atoms with Gasteiger partial charge in [0.2, 0.25) is 11.8 Å². The van der Waals surface area contributed by atoms with Crippen LogP contribution in [0.3, 0.4) is 0 Å². The first-order valence-electron chi connectivity index (χ1n) is 13.7. The highest BCUT2D eigenvalue weighted by atomic mass is 16.5. The summed E-state index contributed by atoms with van der Waals surface area (Å²) in [6, 6.07) is 18.9. The minimum atomic E-state index is -0.692. The molecule has 7 nitrogen and oxygen atoms in total. The molecule has 7 heteroatoms. The summed E-state index contributed by atoms with van der Waals surface area (Å²) in [5, 5.41) is 12.5. The van der Waals surface area contributed by atoms with E-state index in [2.05, 4.69) is 18.5 Å². The number of esters is 1. The number of aliphatic hydroxyl groups excluding tert-OH is 1. The van der Waals surface area contributed by atoms with E-state index in [1.54, 1.807) is 17.1 Å². The summed E-state index contributed by atoms with van der Waals surface area (Å²) in [7, 11) is 0. The maximum absolute atomic E-state index is 13.3. The number of likely N-dealkylation sites (tertiary alicyclic amines) is 1. The molecular formula is C32H40N2O5. The molecule has 208 valence electrons. The van der Waals surface area contributed by atoms with Crippen LogP contribution >= 0.6 is 0 Å². The second-order valence-corrected chi connectivity index (χ2v) is 9.98. The normalized spacial score (nSPS) is 17.1. The third-order valence-corrected chi connectivity index (χ3v) is 7.15. The summed E-state index contributed by atoms with van der Waals surface area (Å²) in [5.41, 5.74) is 1.80. The van der Waals surface area contributed by atoms with E-state index >= 15 is 0 Å². The molecule has 0 aliphatic carbocycles. The average molecular weight is 533 g/mol. The highest BCUT2D eigenvalue weighted by Gasteiger charge is 2.31. The molecule has 1 aliphatic rings. The van der Waals surface area contributed by atoms with Gasteiger partial charge in [0, 0.05) is 13.0 Å². The molecule has 0 bridgehead atoms. The standard InChI is InChI=1S/C32H40N2O5/c1-3-12-26(21-30(36)34-19-11-18-28(34)23-35)31(37)33-22-29(25-16-9-6-10-17-25)39-32(38)27(13-4-2)20-24-14-7-5-8-15-24/h3-10,14-17,26-29,35H,1-2,11-13,18-23H2,(H,33,37)/t26-,27-,28-,29-/m0/s1. The minimum Gasteiger partial charge on any atom is -0.455 e. The Bertz CT molecular complexity index is 1090. The molecule has 0 saturated carbocycles. The number of carbonyl (C=O) groups excluding carboxylic acids is 3. The summed E-state index contributed by atoms with van der Waals surface area (Å²) in [6.45, 7) is 8.14. The molecule has 1 fully saturated rings. The zero-order valence-electron chi connectivity index (χ0n) is 22.5. The quantitative estimate of drug-likeness (QED) is 0.262. The van der Waals surface area contributed by atoms with Crippen LogP contribution in [0.15, 0.2) is 86.0 Å². The lowest BCUT2D eigenvalue weighted by Crippen LogP contribution is -2.41. The number of hydrogen-bond acceptors (Lipinski definition) is 5. The first-order valence-corrected chi connectivity index (χ1v) is 13.7. The van der Waals surface area contributed by atoms with Crippen LogP contribution in [0.4, 0.5) is 0 Å². The Labute approximate surface area is 231 Å². The SMILES string of the molecule is C=CC[C@@H](CC(=O)N1CCC[C@H]1CO)C(=O)NC[C@H](OC(=O)[C@@H](CC=C)Cc1ccccc1)c1ccccc1. The number of amides is 2. The first-order chi connectivity index (χ1) is 19.0. The number of benzene rings is 2.